The van der Waals surface area contributed by atoms with Crippen molar-refractivity contribution in [3.8, 4) is 0 Å². The van der Waals surface area contributed by atoms with Crippen LogP contribution < -0.4 is 0 Å². The van der Waals surface area contributed by atoms with Crippen LogP contribution in [0, 0.1) is 40.4 Å². The van der Waals surface area contributed by atoms with Crippen LogP contribution in [0.4, 0.5) is 0 Å². The first-order chi connectivity index (χ1) is 13.6. The summed E-state index contributed by atoms with van der Waals surface area (Å²) in [5, 5.41) is 0. The molecule has 3 nitrogen and oxygen atoms in total. The molecule has 166 valence electrons. The lowest BCUT2D eigenvalue weighted by Crippen LogP contribution is -2.56. The summed E-state index contributed by atoms with van der Waals surface area (Å²) < 4.78 is 0. The highest BCUT2D eigenvalue weighted by molar-refractivity contribution is 5.73. The molecule has 1 amide bonds. The zero-order valence-corrected chi connectivity index (χ0v) is 20.2. The van der Waals surface area contributed by atoms with Gasteiger partial charge in [0.1, 0.15) is 0 Å². The standard InChI is InChI=1S/C26H46N2O/c1-17(28(7)18(2)29)22-10-11-23-21-9-8-19-16-20(27(5)6)12-14-25(19,3)24(21)13-15-26(22,23)4/h17,19-24H,8-16H2,1-7H3/t17-,19-,20+,21+,22+,23+,24+,25-,26+/m0/s1. The number of fused-ring (bicyclic) bond motifs is 5. The third kappa shape index (κ3) is 3.29. The maximum Gasteiger partial charge on any atom is 0.219 e. The molecule has 0 radical (unpaired) electrons. The van der Waals surface area contributed by atoms with Crippen molar-refractivity contribution in [2.45, 2.75) is 97.6 Å². The predicted molar refractivity (Wildman–Crippen MR) is 121 cm³/mol. The molecule has 0 spiro atoms. The minimum absolute atomic E-state index is 0.226. The molecule has 0 aromatic heterocycles. The second kappa shape index (κ2) is 7.53. The largest absolute Gasteiger partial charge is 0.343 e. The number of nitrogens with zero attached hydrogens (tertiary/aromatic N) is 2. The summed E-state index contributed by atoms with van der Waals surface area (Å²) in [5.41, 5.74) is 1.02. The molecule has 4 aliphatic rings. The molecule has 9 atom stereocenters. The first kappa shape index (κ1) is 21.7. The molecule has 0 saturated heterocycles. The SMILES string of the molecule is CC(=O)N(C)[C@@H](C)[C@H]1CC[C@@H]2[C@H]3CC[C@H]4C[C@H](N(C)C)CC[C@]4(C)[C@@H]3CC[C@@]21C. The highest BCUT2D eigenvalue weighted by Gasteiger charge is 2.61. The zero-order valence-electron chi connectivity index (χ0n) is 20.2. The second-order valence-corrected chi connectivity index (χ2v) is 12.1. The van der Waals surface area contributed by atoms with Crippen LogP contribution in [0.15, 0.2) is 0 Å². The Kier molecular flexibility index (Phi) is 5.63. The second-order valence-electron chi connectivity index (χ2n) is 12.1. The van der Waals surface area contributed by atoms with E-state index in [2.05, 4.69) is 39.8 Å². The molecule has 0 unspecified atom stereocenters. The van der Waals surface area contributed by atoms with Crippen molar-refractivity contribution in [3.63, 3.8) is 0 Å². The number of hydrogen-bond acceptors (Lipinski definition) is 2. The van der Waals surface area contributed by atoms with Crippen LogP contribution >= 0.6 is 0 Å². The third-order valence-corrected chi connectivity index (χ3v) is 11.1. The van der Waals surface area contributed by atoms with Crippen LogP contribution in [0.5, 0.6) is 0 Å². The highest BCUT2D eigenvalue weighted by atomic mass is 16.2. The van der Waals surface area contributed by atoms with Gasteiger partial charge < -0.3 is 9.80 Å². The van der Waals surface area contributed by atoms with Crippen LogP contribution in [-0.4, -0.2) is 48.9 Å². The summed E-state index contributed by atoms with van der Waals surface area (Å²) in [4.78, 5) is 16.5. The van der Waals surface area contributed by atoms with E-state index < -0.39 is 0 Å². The molecule has 4 fully saturated rings. The summed E-state index contributed by atoms with van der Waals surface area (Å²) >= 11 is 0. The quantitative estimate of drug-likeness (QED) is 0.627. The number of rotatable bonds is 3. The number of amides is 1. The highest BCUT2D eigenvalue weighted by Crippen LogP contribution is 2.68. The number of carbonyl (C=O) groups excluding carboxylic acids is 1. The van der Waals surface area contributed by atoms with Crippen molar-refractivity contribution in [2.24, 2.45) is 40.4 Å². The average Bonchev–Trinajstić information content (AvgIpc) is 3.03. The van der Waals surface area contributed by atoms with E-state index >= 15 is 0 Å². The lowest BCUT2D eigenvalue weighted by atomic mass is 9.44. The predicted octanol–water partition coefficient (Wildman–Crippen LogP) is 5.44. The van der Waals surface area contributed by atoms with Gasteiger partial charge in [0.15, 0.2) is 0 Å². The maximum absolute atomic E-state index is 12.0. The molecular formula is C26H46N2O. The fraction of sp³-hybridized carbons (Fsp3) is 0.962. The van der Waals surface area contributed by atoms with E-state index in [0.29, 0.717) is 22.8 Å². The van der Waals surface area contributed by atoms with E-state index in [1.165, 1.54) is 57.8 Å². The van der Waals surface area contributed by atoms with Gasteiger partial charge in [-0.2, -0.15) is 0 Å². The molecule has 3 heteroatoms. The van der Waals surface area contributed by atoms with E-state index in [4.69, 9.17) is 0 Å². The van der Waals surface area contributed by atoms with Crippen molar-refractivity contribution in [2.75, 3.05) is 21.1 Å². The lowest BCUT2D eigenvalue weighted by molar-refractivity contribution is -0.135. The van der Waals surface area contributed by atoms with Gasteiger partial charge in [0, 0.05) is 26.1 Å². The van der Waals surface area contributed by atoms with E-state index in [9.17, 15) is 4.79 Å². The third-order valence-electron chi connectivity index (χ3n) is 11.1. The molecule has 0 bridgehead atoms. The smallest absolute Gasteiger partial charge is 0.219 e. The van der Waals surface area contributed by atoms with Crippen LogP contribution in [0.3, 0.4) is 0 Å². The molecule has 4 saturated carbocycles. The molecule has 0 heterocycles. The van der Waals surface area contributed by atoms with Gasteiger partial charge in [0.25, 0.3) is 0 Å². The summed E-state index contributed by atoms with van der Waals surface area (Å²) in [6.07, 6.45) is 12.7. The Hall–Kier alpha value is -0.570. The Labute approximate surface area is 180 Å². The number of carbonyl (C=O) groups is 1. The fourth-order valence-corrected chi connectivity index (χ4v) is 9.09. The molecule has 0 N–H and O–H groups in total. The first-order valence-electron chi connectivity index (χ1n) is 12.5. The van der Waals surface area contributed by atoms with E-state index in [0.717, 1.165) is 29.7 Å². The van der Waals surface area contributed by atoms with E-state index in [1.54, 1.807) is 6.92 Å². The molecule has 4 rings (SSSR count). The van der Waals surface area contributed by atoms with Crippen LogP contribution in [0.2, 0.25) is 0 Å². The summed E-state index contributed by atoms with van der Waals surface area (Å²) in [5.74, 6) is 4.61. The Morgan fingerprint density at radius 2 is 1.55 bits per heavy atom. The minimum Gasteiger partial charge on any atom is -0.343 e. The van der Waals surface area contributed by atoms with Gasteiger partial charge in [-0.1, -0.05) is 13.8 Å². The van der Waals surface area contributed by atoms with E-state index in [-0.39, 0.29) is 5.91 Å². The van der Waals surface area contributed by atoms with Gasteiger partial charge >= 0.3 is 0 Å². The summed E-state index contributed by atoms with van der Waals surface area (Å²) in [6, 6.07) is 1.18. The summed E-state index contributed by atoms with van der Waals surface area (Å²) in [7, 11) is 6.58. The number of hydrogen-bond donors (Lipinski definition) is 0. The van der Waals surface area contributed by atoms with Crippen molar-refractivity contribution < 1.29 is 4.79 Å². The minimum atomic E-state index is 0.226. The molecule has 4 aliphatic carbocycles. The van der Waals surface area contributed by atoms with Gasteiger partial charge in [-0.3, -0.25) is 4.79 Å². The van der Waals surface area contributed by atoms with Gasteiger partial charge in [0.2, 0.25) is 5.91 Å². The van der Waals surface area contributed by atoms with Crippen LogP contribution in [-0.2, 0) is 4.79 Å². The van der Waals surface area contributed by atoms with Gasteiger partial charge in [-0.15, -0.1) is 0 Å². The molecule has 0 aromatic rings. The normalized spacial score (nSPS) is 47.9. The summed E-state index contributed by atoms with van der Waals surface area (Å²) in [6.45, 7) is 9.33. The fourth-order valence-electron chi connectivity index (χ4n) is 9.09. The Bertz CT molecular complexity index is 632. The topological polar surface area (TPSA) is 23.6 Å². The van der Waals surface area contributed by atoms with Gasteiger partial charge in [-0.05, 0) is 119 Å². The van der Waals surface area contributed by atoms with Crippen LogP contribution in [0.1, 0.15) is 85.5 Å². The molecular weight excluding hydrogens is 356 g/mol. The average molecular weight is 403 g/mol. The molecule has 29 heavy (non-hydrogen) atoms. The Morgan fingerprint density at radius 3 is 2.21 bits per heavy atom. The maximum atomic E-state index is 12.0. The molecule has 0 aliphatic heterocycles. The van der Waals surface area contributed by atoms with E-state index in [1.807, 2.05) is 11.9 Å². The lowest BCUT2D eigenvalue weighted by Gasteiger charge is -2.62. The Balaban J connectivity index is 1.53. The monoisotopic (exact) mass is 402 g/mol. The van der Waals surface area contributed by atoms with Gasteiger partial charge in [0.05, 0.1) is 0 Å². The van der Waals surface area contributed by atoms with Crippen molar-refractivity contribution in [1.82, 2.24) is 9.80 Å². The zero-order chi connectivity index (χ0) is 21.1. The van der Waals surface area contributed by atoms with Gasteiger partial charge in [-0.25, -0.2) is 0 Å². The molecule has 0 aromatic carbocycles. The van der Waals surface area contributed by atoms with Crippen LogP contribution in [0.25, 0.3) is 0 Å². The Morgan fingerprint density at radius 1 is 0.897 bits per heavy atom. The first-order valence-corrected chi connectivity index (χ1v) is 12.5. The van der Waals surface area contributed by atoms with Crippen molar-refractivity contribution >= 4 is 5.91 Å². The van der Waals surface area contributed by atoms with Crippen molar-refractivity contribution in [3.05, 3.63) is 0 Å². The van der Waals surface area contributed by atoms with Crippen molar-refractivity contribution in [1.29, 1.82) is 0 Å².